The molecule has 1 aromatic rings. The molecule has 0 aromatic heterocycles. The number of rotatable bonds is 3. The Labute approximate surface area is 160 Å². The molecule has 2 aliphatic heterocycles. The van der Waals surface area contributed by atoms with Crippen LogP contribution in [0, 0.1) is 0 Å². The van der Waals surface area contributed by atoms with Gasteiger partial charge in [0.05, 0.1) is 30.3 Å². The topological polar surface area (TPSA) is 71.1 Å². The molecule has 3 rings (SSSR count). The van der Waals surface area contributed by atoms with Gasteiger partial charge in [0, 0.05) is 31.9 Å². The Morgan fingerprint density at radius 1 is 1.12 bits per heavy atom. The molecular formula is C17H25N3O4S2. The van der Waals surface area contributed by atoms with Crippen molar-refractivity contribution in [2.24, 2.45) is 0 Å². The van der Waals surface area contributed by atoms with Crippen molar-refractivity contribution in [1.29, 1.82) is 0 Å². The number of hydrogen-bond acceptors (Lipinski definition) is 5. The van der Waals surface area contributed by atoms with Gasteiger partial charge in [0.15, 0.2) is 5.11 Å². The number of benzene rings is 1. The van der Waals surface area contributed by atoms with E-state index in [2.05, 4.69) is 10.2 Å². The van der Waals surface area contributed by atoms with Crippen molar-refractivity contribution >= 4 is 33.0 Å². The zero-order valence-electron chi connectivity index (χ0n) is 15.1. The van der Waals surface area contributed by atoms with Gasteiger partial charge in [-0.1, -0.05) is 0 Å². The lowest BCUT2D eigenvalue weighted by Gasteiger charge is -2.36. The second-order valence-corrected chi connectivity index (χ2v) is 8.96. The number of anilines is 1. The summed E-state index contributed by atoms with van der Waals surface area (Å²) in [5, 5.41) is 3.81. The maximum Gasteiger partial charge on any atom is 0.243 e. The minimum absolute atomic E-state index is 0.125. The number of hydrogen-bond donors (Lipinski definition) is 1. The minimum Gasteiger partial charge on any atom is -0.379 e. The summed E-state index contributed by atoms with van der Waals surface area (Å²) in [5.74, 6) is 0. The van der Waals surface area contributed by atoms with Gasteiger partial charge in [-0.15, -0.1) is 0 Å². The van der Waals surface area contributed by atoms with Crippen LogP contribution in [0.1, 0.15) is 13.8 Å². The molecule has 0 amide bonds. The van der Waals surface area contributed by atoms with Crippen LogP contribution >= 0.6 is 12.2 Å². The summed E-state index contributed by atoms with van der Waals surface area (Å²) in [7, 11) is -3.48. The molecule has 0 bridgehead atoms. The van der Waals surface area contributed by atoms with Gasteiger partial charge in [-0.2, -0.15) is 4.31 Å². The standard InChI is InChI=1S/C17H25N3O4S2/c1-13-11-19(12-14(2)24-13)17(25)18-15-3-5-16(6-4-15)26(21,22)20-7-9-23-10-8-20/h3-6,13-14H,7-12H2,1-2H3,(H,18,25). The van der Waals surface area contributed by atoms with Gasteiger partial charge in [-0.3, -0.25) is 0 Å². The van der Waals surface area contributed by atoms with Crippen LogP contribution in [0.5, 0.6) is 0 Å². The summed E-state index contributed by atoms with van der Waals surface area (Å²) in [4.78, 5) is 2.36. The Bertz CT molecular complexity index is 723. The van der Waals surface area contributed by atoms with E-state index in [0.29, 0.717) is 31.4 Å². The van der Waals surface area contributed by atoms with E-state index in [9.17, 15) is 8.42 Å². The third kappa shape index (κ3) is 4.52. The highest BCUT2D eigenvalue weighted by Gasteiger charge is 2.27. The number of ether oxygens (including phenoxy) is 2. The normalized spacial score (nSPS) is 25.1. The Balaban J connectivity index is 1.65. The molecule has 0 saturated carbocycles. The Hall–Kier alpha value is -1.26. The number of thiocarbonyl (C=S) groups is 1. The number of nitrogens with one attached hydrogen (secondary N) is 1. The summed E-state index contributed by atoms with van der Waals surface area (Å²) in [6, 6.07) is 6.71. The smallest absolute Gasteiger partial charge is 0.243 e. The fourth-order valence-corrected chi connectivity index (χ4v) is 4.87. The Kier molecular flexibility index (Phi) is 6.13. The number of morpholine rings is 2. The van der Waals surface area contributed by atoms with Crippen molar-refractivity contribution in [2.75, 3.05) is 44.7 Å². The van der Waals surface area contributed by atoms with Crippen molar-refractivity contribution in [1.82, 2.24) is 9.21 Å². The zero-order chi connectivity index (χ0) is 18.7. The van der Waals surface area contributed by atoms with Crippen LogP contribution in [0.2, 0.25) is 0 Å². The minimum atomic E-state index is -3.48. The van der Waals surface area contributed by atoms with E-state index in [0.717, 1.165) is 18.8 Å². The van der Waals surface area contributed by atoms with E-state index >= 15 is 0 Å². The molecule has 7 nitrogen and oxygen atoms in total. The summed E-state index contributed by atoms with van der Waals surface area (Å²) < 4.78 is 37.7. The van der Waals surface area contributed by atoms with E-state index in [1.165, 1.54) is 4.31 Å². The first-order valence-electron chi connectivity index (χ1n) is 8.75. The van der Waals surface area contributed by atoms with Crippen molar-refractivity contribution in [2.45, 2.75) is 31.0 Å². The summed E-state index contributed by atoms with van der Waals surface area (Å²) >= 11 is 5.49. The van der Waals surface area contributed by atoms with Gasteiger partial charge in [-0.25, -0.2) is 8.42 Å². The molecule has 2 fully saturated rings. The molecular weight excluding hydrogens is 374 g/mol. The van der Waals surface area contributed by atoms with Crippen molar-refractivity contribution < 1.29 is 17.9 Å². The lowest BCUT2D eigenvalue weighted by molar-refractivity contribution is -0.0473. The SMILES string of the molecule is CC1CN(C(=S)Nc2ccc(S(=O)(=O)N3CCOCC3)cc2)CC(C)O1. The van der Waals surface area contributed by atoms with E-state index in [4.69, 9.17) is 21.7 Å². The van der Waals surface area contributed by atoms with Gasteiger partial charge in [0.25, 0.3) is 0 Å². The second-order valence-electron chi connectivity index (χ2n) is 6.63. The maximum absolute atomic E-state index is 12.6. The molecule has 0 spiro atoms. The van der Waals surface area contributed by atoms with Crippen LogP contribution < -0.4 is 5.32 Å². The second kappa shape index (κ2) is 8.18. The molecule has 2 heterocycles. The lowest BCUT2D eigenvalue weighted by Crippen LogP contribution is -2.49. The van der Waals surface area contributed by atoms with Gasteiger partial charge in [-0.05, 0) is 50.3 Å². The van der Waals surface area contributed by atoms with Gasteiger partial charge in [0.2, 0.25) is 10.0 Å². The quantitative estimate of drug-likeness (QED) is 0.773. The number of nitrogens with zero attached hydrogens (tertiary/aromatic N) is 2. The van der Waals surface area contributed by atoms with Crippen molar-refractivity contribution in [3.05, 3.63) is 24.3 Å². The average Bonchev–Trinajstić information content (AvgIpc) is 2.62. The third-order valence-electron chi connectivity index (χ3n) is 4.42. The third-order valence-corrected chi connectivity index (χ3v) is 6.69. The molecule has 144 valence electrons. The van der Waals surface area contributed by atoms with Gasteiger partial charge < -0.3 is 19.7 Å². The van der Waals surface area contributed by atoms with E-state index in [-0.39, 0.29) is 17.1 Å². The van der Waals surface area contributed by atoms with Crippen LogP contribution in [0.3, 0.4) is 0 Å². The highest BCUT2D eigenvalue weighted by atomic mass is 32.2. The predicted octanol–water partition coefficient (Wildman–Crippen LogP) is 1.51. The van der Waals surface area contributed by atoms with Crippen LogP contribution in [0.15, 0.2) is 29.2 Å². The molecule has 2 saturated heterocycles. The lowest BCUT2D eigenvalue weighted by atomic mass is 10.2. The predicted molar refractivity (Wildman–Crippen MR) is 104 cm³/mol. The fraction of sp³-hybridized carbons (Fsp3) is 0.588. The van der Waals surface area contributed by atoms with E-state index in [1.807, 2.05) is 13.8 Å². The van der Waals surface area contributed by atoms with Crippen molar-refractivity contribution in [3.63, 3.8) is 0 Å². The van der Waals surface area contributed by atoms with E-state index < -0.39 is 10.0 Å². The molecule has 0 aliphatic carbocycles. The summed E-state index contributed by atoms with van der Waals surface area (Å²) in [6.45, 7) is 7.17. The molecule has 2 unspecified atom stereocenters. The zero-order valence-corrected chi connectivity index (χ0v) is 16.7. The Morgan fingerprint density at radius 3 is 2.27 bits per heavy atom. The molecule has 0 radical (unpaired) electrons. The van der Waals surface area contributed by atoms with Gasteiger partial charge in [0.1, 0.15) is 0 Å². The Morgan fingerprint density at radius 2 is 1.69 bits per heavy atom. The first kappa shape index (κ1) is 19.5. The summed E-state index contributed by atoms with van der Waals surface area (Å²) in [6.07, 6.45) is 0.249. The number of sulfonamides is 1. The summed E-state index contributed by atoms with van der Waals surface area (Å²) in [5.41, 5.74) is 0.766. The van der Waals surface area contributed by atoms with Crippen LogP contribution in [0.25, 0.3) is 0 Å². The highest BCUT2D eigenvalue weighted by molar-refractivity contribution is 7.89. The molecule has 2 aliphatic rings. The molecule has 1 N–H and O–H groups in total. The monoisotopic (exact) mass is 399 g/mol. The van der Waals surface area contributed by atoms with Gasteiger partial charge >= 0.3 is 0 Å². The molecule has 2 atom stereocenters. The first-order chi connectivity index (χ1) is 12.4. The first-order valence-corrected chi connectivity index (χ1v) is 10.6. The van der Waals surface area contributed by atoms with Crippen LogP contribution in [-0.2, 0) is 19.5 Å². The highest BCUT2D eigenvalue weighted by Crippen LogP contribution is 2.20. The average molecular weight is 400 g/mol. The fourth-order valence-electron chi connectivity index (χ4n) is 3.19. The van der Waals surface area contributed by atoms with Crippen molar-refractivity contribution in [3.8, 4) is 0 Å². The molecule has 26 heavy (non-hydrogen) atoms. The largest absolute Gasteiger partial charge is 0.379 e. The molecule has 1 aromatic carbocycles. The van der Waals surface area contributed by atoms with E-state index in [1.54, 1.807) is 24.3 Å². The van der Waals surface area contributed by atoms with Crippen LogP contribution in [-0.4, -0.2) is 74.3 Å². The molecule has 9 heteroatoms. The van der Waals surface area contributed by atoms with Crippen LogP contribution in [0.4, 0.5) is 5.69 Å². The maximum atomic E-state index is 12.6.